The number of phosphoric acid groups is 2. The molecule has 0 aromatic carbocycles. The van der Waals surface area contributed by atoms with Gasteiger partial charge < -0.3 is 33.8 Å². The number of rotatable bonds is 80. The SMILES string of the molecule is CCCCCCCCCCCCCCCCCCCCCCC(=O)O[C@H](COC(=O)CCCCCCCCCCCCCCCCCCCC)COP(=O)(O)OC[C@@H](O)COP(=O)(O)OC[C@@H](COC(=O)CCCCCCCCCCCC)OC(=O)CCCCCCCCCCCC. The van der Waals surface area contributed by atoms with E-state index in [4.69, 9.17) is 37.0 Å². The molecule has 0 saturated heterocycles. The van der Waals surface area contributed by atoms with Crippen LogP contribution in [0.25, 0.3) is 0 Å². The van der Waals surface area contributed by atoms with Crippen LogP contribution in [-0.2, 0) is 65.4 Å². The Balaban J connectivity index is 5.19. The summed E-state index contributed by atoms with van der Waals surface area (Å²) in [5.74, 6) is -2.11. The first-order chi connectivity index (χ1) is 47.7. The molecule has 3 N–H and O–H groups in total. The van der Waals surface area contributed by atoms with Crippen LogP contribution in [0.2, 0.25) is 0 Å². The minimum Gasteiger partial charge on any atom is -0.462 e. The first-order valence-electron chi connectivity index (χ1n) is 41.3. The van der Waals surface area contributed by atoms with E-state index in [1.54, 1.807) is 0 Å². The highest BCUT2D eigenvalue weighted by Crippen LogP contribution is 2.45. The third kappa shape index (κ3) is 72.4. The smallest absolute Gasteiger partial charge is 0.462 e. The van der Waals surface area contributed by atoms with Crippen molar-refractivity contribution in [3.63, 3.8) is 0 Å². The van der Waals surface area contributed by atoms with Crippen LogP contribution < -0.4 is 0 Å². The Labute approximate surface area is 600 Å². The van der Waals surface area contributed by atoms with Crippen LogP contribution in [0.3, 0.4) is 0 Å². The maximum absolute atomic E-state index is 13.1. The summed E-state index contributed by atoms with van der Waals surface area (Å²) in [5, 5.41) is 10.6. The molecule has 0 aromatic rings. The number of carbonyl (C=O) groups is 4. The van der Waals surface area contributed by atoms with Gasteiger partial charge in [-0.2, -0.15) is 0 Å². The highest BCUT2D eigenvalue weighted by atomic mass is 31.2. The molecule has 0 aromatic heterocycles. The molecule has 0 bridgehead atoms. The van der Waals surface area contributed by atoms with Gasteiger partial charge in [-0.05, 0) is 25.7 Å². The number of unbranched alkanes of at least 4 members (excludes halogenated alkanes) is 54. The zero-order valence-corrected chi connectivity index (χ0v) is 65.6. The third-order valence-corrected chi connectivity index (χ3v) is 20.5. The standard InChI is InChI=1S/C79H154O17P2/c1-5-9-13-17-21-25-29-31-33-35-37-38-40-42-44-46-50-54-58-62-66-79(84)96-75(70-90-77(82)64-60-56-52-49-45-43-41-39-36-34-32-30-26-22-18-14-10-6-2)72-94-98(87,88)92-68-73(80)67-91-97(85,86)93-71-74(95-78(83)65-61-57-53-48-28-24-20-16-12-8-4)69-89-76(81)63-59-55-51-47-27-23-19-15-11-7-3/h73-75,80H,5-72H2,1-4H3,(H,85,86)(H,87,88)/t73-,74+,75+/m0/s1. The second-order valence-electron chi connectivity index (χ2n) is 28.5. The van der Waals surface area contributed by atoms with Gasteiger partial charge in [-0.25, -0.2) is 9.13 Å². The van der Waals surface area contributed by atoms with Crippen molar-refractivity contribution in [3.8, 4) is 0 Å². The van der Waals surface area contributed by atoms with Gasteiger partial charge in [0.1, 0.15) is 19.3 Å². The van der Waals surface area contributed by atoms with Crippen LogP contribution in [0, 0.1) is 0 Å². The van der Waals surface area contributed by atoms with E-state index in [-0.39, 0.29) is 25.7 Å². The van der Waals surface area contributed by atoms with Crippen LogP contribution in [-0.4, -0.2) is 96.7 Å². The predicted molar refractivity (Wildman–Crippen MR) is 400 cm³/mol. The van der Waals surface area contributed by atoms with Crippen molar-refractivity contribution < 1.29 is 80.2 Å². The van der Waals surface area contributed by atoms with Gasteiger partial charge in [0, 0.05) is 25.7 Å². The topological polar surface area (TPSA) is 237 Å². The van der Waals surface area contributed by atoms with Gasteiger partial charge in [-0.3, -0.25) is 37.3 Å². The highest BCUT2D eigenvalue weighted by molar-refractivity contribution is 7.47. The quantitative estimate of drug-likeness (QED) is 0.0222. The Hall–Kier alpha value is -1.94. The van der Waals surface area contributed by atoms with E-state index in [0.717, 1.165) is 89.9 Å². The molecule has 0 aliphatic rings. The molecule has 0 amide bonds. The van der Waals surface area contributed by atoms with E-state index >= 15 is 0 Å². The second kappa shape index (κ2) is 73.4. The Bertz CT molecular complexity index is 1860. The Morgan fingerprint density at radius 2 is 0.408 bits per heavy atom. The van der Waals surface area contributed by atoms with E-state index in [9.17, 15) is 43.2 Å². The molecular weight excluding hydrogens is 1280 g/mol. The molecule has 5 atom stereocenters. The number of hydrogen-bond donors (Lipinski definition) is 3. The lowest BCUT2D eigenvalue weighted by atomic mass is 10.0. The molecule has 582 valence electrons. The number of carbonyl (C=O) groups excluding carboxylic acids is 4. The van der Waals surface area contributed by atoms with E-state index < -0.39 is 97.5 Å². The summed E-state index contributed by atoms with van der Waals surface area (Å²) in [7, 11) is -9.91. The lowest BCUT2D eigenvalue weighted by molar-refractivity contribution is -0.161. The molecule has 0 fully saturated rings. The van der Waals surface area contributed by atoms with Crippen molar-refractivity contribution in [1.29, 1.82) is 0 Å². The number of hydrogen-bond acceptors (Lipinski definition) is 15. The molecule has 19 heteroatoms. The minimum absolute atomic E-state index is 0.107. The third-order valence-electron chi connectivity index (χ3n) is 18.6. The Kier molecular flexibility index (Phi) is 71.9. The fourth-order valence-corrected chi connectivity index (χ4v) is 13.9. The van der Waals surface area contributed by atoms with E-state index in [1.807, 2.05) is 0 Å². The number of phosphoric ester groups is 2. The molecule has 2 unspecified atom stereocenters. The van der Waals surface area contributed by atoms with Crippen LogP contribution in [0.4, 0.5) is 0 Å². The van der Waals surface area contributed by atoms with E-state index in [2.05, 4.69) is 27.7 Å². The Morgan fingerprint density at radius 1 is 0.245 bits per heavy atom. The lowest BCUT2D eigenvalue weighted by Gasteiger charge is -2.21. The summed E-state index contributed by atoms with van der Waals surface area (Å²) in [6.07, 6.45) is 65.3. The summed E-state index contributed by atoms with van der Waals surface area (Å²) in [6.45, 7) is 4.99. The molecule has 98 heavy (non-hydrogen) atoms. The molecule has 0 rings (SSSR count). The maximum Gasteiger partial charge on any atom is 0.472 e. The average molecular weight is 1440 g/mol. The molecule has 0 saturated carbocycles. The molecule has 0 spiro atoms. The van der Waals surface area contributed by atoms with Crippen molar-refractivity contribution in [3.05, 3.63) is 0 Å². The van der Waals surface area contributed by atoms with Gasteiger partial charge >= 0.3 is 39.5 Å². The van der Waals surface area contributed by atoms with Crippen molar-refractivity contribution in [2.45, 2.75) is 444 Å². The number of aliphatic hydroxyl groups is 1. The average Bonchev–Trinajstić information content (AvgIpc) is 1.07. The van der Waals surface area contributed by atoms with Gasteiger partial charge in [0.25, 0.3) is 0 Å². The van der Waals surface area contributed by atoms with Gasteiger partial charge in [0.2, 0.25) is 0 Å². The first kappa shape index (κ1) is 96.1. The van der Waals surface area contributed by atoms with Gasteiger partial charge in [0.05, 0.1) is 26.4 Å². The summed E-state index contributed by atoms with van der Waals surface area (Å²) >= 11 is 0. The number of ether oxygens (including phenoxy) is 4. The van der Waals surface area contributed by atoms with Crippen molar-refractivity contribution in [2.24, 2.45) is 0 Å². The summed E-state index contributed by atoms with van der Waals surface area (Å²) in [6, 6.07) is 0. The van der Waals surface area contributed by atoms with Gasteiger partial charge in [0.15, 0.2) is 12.2 Å². The van der Waals surface area contributed by atoms with Crippen molar-refractivity contribution >= 4 is 39.5 Å². The highest BCUT2D eigenvalue weighted by Gasteiger charge is 2.30. The van der Waals surface area contributed by atoms with Crippen molar-refractivity contribution in [1.82, 2.24) is 0 Å². The largest absolute Gasteiger partial charge is 0.472 e. The molecular formula is C79H154O17P2. The zero-order valence-electron chi connectivity index (χ0n) is 63.8. The fourth-order valence-electron chi connectivity index (χ4n) is 12.3. The predicted octanol–water partition coefficient (Wildman–Crippen LogP) is 23.8. The number of aliphatic hydroxyl groups excluding tert-OH is 1. The van der Waals surface area contributed by atoms with Crippen LogP contribution >= 0.6 is 15.6 Å². The molecule has 0 heterocycles. The molecule has 0 aliphatic heterocycles. The second-order valence-corrected chi connectivity index (χ2v) is 31.4. The Morgan fingerprint density at radius 3 is 0.602 bits per heavy atom. The normalized spacial score (nSPS) is 13.8. The lowest BCUT2D eigenvalue weighted by Crippen LogP contribution is -2.30. The molecule has 17 nitrogen and oxygen atoms in total. The fraction of sp³-hybridized carbons (Fsp3) is 0.949. The zero-order chi connectivity index (χ0) is 71.8. The van der Waals surface area contributed by atoms with Crippen LogP contribution in [0.1, 0.15) is 426 Å². The first-order valence-corrected chi connectivity index (χ1v) is 44.3. The monoisotopic (exact) mass is 1440 g/mol. The van der Waals surface area contributed by atoms with Crippen LogP contribution in [0.15, 0.2) is 0 Å². The molecule has 0 aliphatic carbocycles. The van der Waals surface area contributed by atoms with E-state index in [1.165, 1.54) is 257 Å². The molecule has 0 radical (unpaired) electrons. The summed E-state index contributed by atoms with van der Waals surface area (Å²) in [4.78, 5) is 72.8. The summed E-state index contributed by atoms with van der Waals surface area (Å²) in [5.41, 5.74) is 0. The minimum atomic E-state index is -4.96. The van der Waals surface area contributed by atoms with Gasteiger partial charge in [-0.15, -0.1) is 0 Å². The summed E-state index contributed by atoms with van der Waals surface area (Å²) < 4.78 is 68.6. The number of esters is 4. The van der Waals surface area contributed by atoms with Crippen LogP contribution in [0.5, 0.6) is 0 Å². The van der Waals surface area contributed by atoms with E-state index in [0.29, 0.717) is 25.7 Å². The maximum atomic E-state index is 13.1. The van der Waals surface area contributed by atoms with Gasteiger partial charge in [-0.1, -0.05) is 374 Å². The van der Waals surface area contributed by atoms with Crippen molar-refractivity contribution in [2.75, 3.05) is 39.6 Å².